The molecule has 0 aromatic heterocycles. The summed E-state index contributed by atoms with van der Waals surface area (Å²) in [7, 11) is 1.41. The van der Waals surface area contributed by atoms with Gasteiger partial charge in [0.15, 0.2) is 0 Å². The van der Waals surface area contributed by atoms with Gasteiger partial charge >= 0.3 is 36.4 Å². The highest BCUT2D eigenvalue weighted by atomic mass is 16.5. The van der Waals surface area contributed by atoms with Crippen LogP contribution in [0.2, 0.25) is 0 Å². The number of carbonyl (C=O) groups excluding carboxylic acids is 9. The Morgan fingerprint density at radius 2 is 1.42 bits per heavy atom. The van der Waals surface area contributed by atoms with E-state index in [-0.39, 0.29) is 48.9 Å². The number of allylic oxidation sites excluding steroid dienone is 3. The van der Waals surface area contributed by atoms with E-state index in [1.165, 1.54) is 26.4 Å². The van der Waals surface area contributed by atoms with Crippen LogP contribution in [0.5, 0.6) is 0 Å². The van der Waals surface area contributed by atoms with Crippen molar-refractivity contribution in [2.75, 3.05) is 33.5 Å². The van der Waals surface area contributed by atoms with Crippen molar-refractivity contribution in [3.8, 4) is 0 Å². The topological polar surface area (TPSA) is 222 Å². The van der Waals surface area contributed by atoms with E-state index in [0.717, 1.165) is 70.1 Å². The van der Waals surface area contributed by atoms with E-state index in [1.807, 2.05) is 12.2 Å². The quantitative estimate of drug-likeness (QED) is 0.0781. The average molecular weight is 745 g/mol. The molecule has 52 heavy (non-hydrogen) atoms. The molecule has 0 spiro atoms. The number of methoxy groups -OCH3 is 1. The molecule has 3 atom stereocenters. The number of aliphatic hydroxyl groups excluding tert-OH is 2. The fourth-order valence-electron chi connectivity index (χ4n) is 3.95. The molecule has 0 aromatic carbocycles. The van der Waals surface area contributed by atoms with E-state index < -0.39 is 0 Å². The highest BCUT2D eigenvalue weighted by molar-refractivity contribution is 5.74. The molecule has 0 bridgehead atoms. The van der Waals surface area contributed by atoms with Crippen molar-refractivity contribution in [2.24, 2.45) is 17.8 Å². The Labute approximate surface area is 310 Å². The number of esters is 3. The van der Waals surface area contributed by atoms with Crippen molar-refractivity contribution >= 4 is 36.4 Å². The normalized spacial score (nSPS) is 13.7. The standard InChI is InChI=1S/C10H20O3.C8H16.C7H10O2.C6H12O.C4H6O2.3CO2/c1-9(7-8-11)5-3-4-6-10(12)13-2;1-4-6-8(3)7-5-2;1-2-3-6-4-5-9-7(6)8;1-2-3-4-5-6-7;5-4-2-1-3-6-4;3*2-1-3/h9,11H,3-8H2,1-2H3;4,8H,1,5-7H2,2-3H3;2,6H,1,3-5H2;2,7H,1,3-6H2;1-3H2;;;. The smallest absolute Gasteiger partial charge is 0.373 e. The Hall–Kier alpha value is -4.31. The van der Waals surface area contributed by atoms with Crippen LogP contribution in [0.4, 0.5) is 0 Å². The third kappa shape index (κ3) is 64.2. The second-order valence-corrected chi connectivity index (χ2v) is 11.1. The second-order valence-electron chi connectivity index (χ2n) is 11.1. The van der Waals surface area contributed by atoms with Gasteiger partial charge in [0.05, 0.1) is 26.2 Å². The van der Waals surface area contributed by atoms with Gasteiger partial charge in [0.2, 0.25) is 0 Å². The van der Waals surface area contributed by atoms with Gasteiger partial charge in [-0.1, -0.05) is 64.7 Å². The van der Waals surface area contributed by atoms with Crippen molar-refractivity contribution in [1.82, 2.24) is 0 Å². The fraction of sp³-hybridized carbons (Fsp3) is 0.684. The highest BCUT2D eigenvalue weighted by Crippen LogP contribution is 2.17. The lowest BCUT2D eigenvalue weighted by atomic mass is 10.0. The molecule has 2 aliphatic heterocycles. The van der Waals surface area contributed by atoms with Gasteiger partial charge < -0.3 is 24.4 Å². The molecule has 2 fully saturated rings. The molecule has 2 N–H and O–H groups in total. The zero-order valence-electron chi connectivity index (χ0n) is 31.8. The van der Waals surface area contributed by atoms with E-state index in [4.69, 9.17) is 43.7 Å². The molecular weight excluding hydrogens is 680 g/mol. The van der Waals surface area contributed by atoms with Gasteiger partial charge in [-0.25, -0.2) is 0 Å². The maximum Gasteiger partial charge on any atom is 0.373 e. The zero-order chi connectivity index (χ0) is 41.3. The lowest BCUT2D eigenvalue weighted by Crippen LogP contribution is -2.05. The number of ether oxygens (including phenoxy) is 3. The number of rotatable bonds is 17. The number of cyclic esters (lactones) is 2. The van der Waals surface area contributed by atoms with Crippen LogP contribution in [-0.4, -0.2) is 80.1 Å². The summed E-state index contributed by atoms with van der Waals surface area (Å²) in [6, 6.07) is 0. The SMILES string of the molecule is C=CCC(C)CCC.C=CCC1CCOC1=O.C=CCCCCO.COC(=O)CCCCC(C)CCO.O=C1CCCO1.O=C=O.O=C=O.O=C=O. The van der Waals surface area contributed by atoms with E-state index in [0.29, 0.717) is 38.6 Å². The Morgan fingerprint density at radius 3 is 1.77 bits per heavy atom. The molecule has 0 amide bonds. The molecule has 3 unspecified atom stereocenters. The lowest BCUT2D eigenvalue weighted by molar-refractivity contribution is -0.193. The monoisotopic (exact) mass is 744 g/mol. The minimum atomic E-state index is -0.130. The molecule has 2 saturated heterocycles. The van der Waals surface area contributed by atoms with Crippen LogP contribution in [-0.2, 0) is 57.4 Å². The van der Waals surface area contributed by atoms with Gasteiger partial charge in [-0.15, -0.1) is 19.7 Å². The number of hydrogen-bond acceptors (Lipinski definition) is 14. The summed E-state index contributed by atoms with van der Waals surface area (Å²) in [5.41, 5.74) is 0. The lowest BCUT2D eigenvalue weighted by Gasteiger charge is -2.08. The molecular formula is C38H64O14. The van der Waals surface area contributed by atoms with Crippen LogP contribution in [0.1, 0.15) is 117 Å². The molecule has 0 aliphatic carbocycles. The largest absolute Gasteiger partial charge is 0.469 e. The summed E-state index contributed by atoms with van der Waals surface area (Å²) < 4.78 is 13.8. The third-order valence-corrected chi connectivity index (χ3v) is 6.63. The molecule has 0 radical (unpaired) electrons. The maximum absolute atomic E-state index is 10.7. The first-order chi connectivity index (χ1) is 24.9. The molecule has 300 valence electrons. The van der Waals surface area contributed by atoms with E-state index in [2.05, 4.69) is 50.0 Å². The number of carbonyl (C=O) groups is 3. The Kier molecular flexibility index (Phi) is 64.5. The molecule has 0 saturated carbocycles. The Morgan fingerprint density at radius 1 is 0.827 bits per heavy atom. The molecule has 2 rings (SSSR count). The van der Waals surface area contributed by atoms with Crippen molar-refractivity contribution < 1.29 is 67.6 Å². The zero-order valence-corrected chi connectivity index (χ0v) is 31.8. The van der Waals surface area contributed by atoms with Gasteiger partial charge in [-0.2, -0.15) is 28.8 Å². The predicted molar refractivity (Wildman–Crippen MR) is 190 cm³/mol. The highest BCUT2D eigenvalue weighted by Gasteiger charge is 2.24. The van der Waals surface area contributed by atoms with Crippen molar-refractivity contribution in [1.29, 1.82) is 0 Å². The Balaban J connectivity index is -0.000000122. The summed E-state index contributed by atoms with van der Waals surface area (Å²) in [6.45, 7) is 19.2. The van der Waals surface area contributed by atoms with Crippen LogP contribution in [0, 0.1) is 17.8 Å². The minimum Gasteiger partial charge on any atom is -0.469 e. The number of hydrogen-bond donors (Lipinski definition) is 2. The van der Waals surface area contributed by atoms with Gasteiger partial charge in [0.25, 0.3) is 0 Å². The summed E-state index contributed by atoms with van der Waals surface area (Å²) in [5, 5.41) is 16.9. The summed E-state index contributed by atoms with van der Waals surface area (Å²) in [4.78, 5) is 80.2. The van der Waals surface area contributed by atoms with Crippen molar-refractivity contribution in [3.05, 3.63) is 38.0 Å². The first kappa shape index (κ1) is 59.8. The molecule has 14 heteroatoms. The van der Waals surface area contributed by atoms with Gasteiger partial charge in [0, 0.05) is 26.1 Å². The van der Waals surface area contributed by atoms with Gasteiger partial charge in [-0.3, -0.25) is 14.4 Å². The van der Waals surface area contributed by atoms with Crippen molar-refractivity contribution in [3.63, 3.8) is 0 Å². The van der Waals surface area contributed by atoms with Crippen LogP contribution in [0.15, 0.2) is 38.0 Å². The first-order valence-electron chi connectivity index (χ1n) is 17.3. The maximum atomic E-state index is 10.7. The number of unbranched alkanes of at least 4 members (excludes halogenated alkanes) is 3. The fourth-order valence-corrected chi connectivity index (χ4v) is 3.95. The molecule has 0 aromatic rings. The van der Waals surface area contributed by atoms with Crippen LogP contribution in [0.25, 0.3) is 0 Å². The molecule has 2 heterocycles. The van der Waals surface area contributed by atoms with Crippen LogP contribution < -0.4 is 0 Å². The van der Waals surface area contributed by atoms with E-state index in [1.54, 1.807) is 6.08 Å². The number of aliphatic hydroxyl groups is 2. The predicted octanol–water partition coefficient (Wildman–Crippen LogP) is 5.77. The molecule has 14 nitrogen and oxygen atoms in total. The average Bonchev–Trinajstić information content (AvgIpc) is 3.76. The van der Waals surface area contributed by atoms with Crippen LogP contribution in [0.3, 0.4) is 0 Å². The third-order valence-electron chi connectivity index (χ3n) is 6.63. The molecule has 2 aliphatic rings. The summed E-state index contributed by atoms with van der Waals surface area (Å²) >= 11 is 0. The Bertz CT molecular complexity index is 909. The first-order valence-corrected chi connectivity index (χ1v) is 17.3. The van der Waals surface area contributed by atoms with Gasteiger partial charge in [-0.05, 0) is 69.6 Å². The minimum absolute atomic E-state index is 0.0463. The second kappa shape index (κ2) is 56.1. The van der Waals surface area contributed by atoms with Gasteiger partial charge in [0.1, 0.15) is 0 Å². The summed E-state index contributed by atoms with van der Waals surface area (Å²) in [6.07, 6.45) is 20.8. The van der Waals surface area contributed by atoms with Crippen LogP contribution >= 0.6 is 0 Å². The summed E-state index contributed by atoms with van der Waals surface area (Å²) in [5.74, 6) is 1.27. The van der Waals surface area contributed by atoms with E-state index in [9.17, 15) is 14.4 Å². The van der Waals surface area contributed by atoms with Crippen molar-refractivity contribution in [2.45, 2.75) is 117 Å². The van der Waals surface area contributed by atoms with E-state index >= 15 is 0 Å².